The Kier molecular flexibility index (Phi) is 5.78. The molecule has 27 heavy (non-hydrogen) atoms. The summed E-state index contributed by atoms with van der Waals surface area (Å²) in [6, 6.07) is 3.86. The third-order valence-electron chi connectivity index (χ3n) is 4.67. The first-order chi connectivity index (χ1) is 13.0. The number of carbonyl (C=O) groups is 1. The second kappa shape index (κ2) is 8.24. The van der Waals surface area contributed by atoms with Gasteiger partial charge < -0.3 is 20.0 Å². The van der Waals surface area contributed by atoms with Crippen molar-refractivity contribution in [3.8, 4) is 0 Å². The average molecular weight is 372 g/mol. The number of nitrogens with zero attached hydrogens (tertiary/aromatic N) is 7. The summed E-state index contributed by atoms with van der Waals surface area (Å²) in [5, 5.41) is 7.50. The molecule has 0 spiro atoms. The Morgan fingerprint density at radius 3 is 2.85 bits per heavy atom. The van der Waals surface area contributed by atoms with Crippen molar-refractivity contribution in [1.82, 2.24) is 30.0 Å². The summed E-state index contributed by atoms with van der Waals surface area (Å²) in [5.41, 5.74) is 1.97. The van der Waals surface area contributed by atoms with Gasteiger partial charge in [0.05, 0.1) is 24.5 Å². The predicted octanol–water partition coefficient (Wildman–Crippen LogP) is 1.31. The lowest BCUT2D eigenvalue weighted by Crippen LogP contribution is -2.34. The Hall–Kier alpha value is -2.84. The number of hydrogen-bond acceptors (Lipinski definition) is 6. The highest BCUT2D eigenvalue weighted by Crippen LogP contribution is 2.20. The van der Waals surface area contributed by atoms with E-state index in [0.29, 0.717) is 13.1 Å². The molecule has 1 aliphatic heterocycles. The molecule has 2 aromatic rings. The van der Waals surface area contributed by atoms with E-state index in [0.717, 1.165) is 49.2 Å². The molecule has 0 saturated heterocycles. The zero-order valence-corrected chi connectivity index (χ0v) is 16.5. The minimum absolute atomic E-state index is 0.120. The Morgan fingerprint density at radius 2 is 2.11 bits per heavy atom. The van der Waals surface area contributed by atoms with Gasteiger partial charge in [0, 0.05) is 47.0 Å². The molecule has 9 nitrogen and oxygen atoms in total. The number of aromatic nitrogens is 4. The normalized spacial score (nSPS) is 13.7. The van der Waals surface area contributed by atoms with Crippen molar-refractivity contribution in [2.45, 2.75) is 33.0 Å². The van der Waals surface area contributed by atoms with Gasteiger partial charge in [-0.1, -0.05) is 0 Å². The van der Waals surface area contributed by atoms with E-state index >= 15 is 0 Å². The van der Waals surface area contributed by atoms with Crippen LogP contribution in [-0.2, 0) is 19.6 Å². The number of carbonyl (C=O) groups excluding carboxylic acids is 1. The monoisotopic (exact) mass is 372 g/mol. The van der Waals surface area contributed by atoms with E-state index < -0.39 is 0 Å². The molecular formula is C18H28N8O. The quantitative estimate of drug-likeness (QED) is 0.852. The second-order valence-electron chi connectivity index (χ2n) is 6.91. The lowest BCUT2D eigenvalue weighted by atomic mass is 10.3. The molecule has 9 heteroatoms. The first-order valence-electron chi connectivity index (χ1n) is 9.27. The van der Waals surface area contributed by atoms with E-state index in [1.807, 2.05) is 24.0 Å². The van der Waals surface area contributed by atoms with Crippen LogP contribution >= 0.6 is 0 Å². The maximum absolute atomic E-state index is 11.7. The highest BCUT2D eigenvalue weighted by Gasteiger charge is 2.19. The number of amides is 2. The fourth-order valence-corrected chi connectivity index (χ4v) is 2.97. The van der Waals surface area contributed by atoms with Crippen molar-refractivity contribution in [2.24, 2.45) is 0 Å². The summed E-state index contributed by atoms with van der Waals surface area (Å²) in [5.74, 6) is 1.66. The van der Waals surface area contributed by atoms with Gasteiger partial charge in [-0.15, -0.1) is 0 Å². The van der Waals surface area contributed by atoms with Crippen LogP contribution in [0.25, 0.3) is 0 Å². The molecule has 0 atom stereocenters. The van der Waals surface area contributed by atoms with E-state index in [4.69, 9.17) is 4.98 Å². The van der Waals surface area contributed by atoms with Gasteiger partial charge in [-0.3, -0.25) is 4.68 Å². The van der Waals surface area contributed by atoms with Gasteiger partial charge in [-0.2, -0.15) is 10.1 Å². The average Bonchev–Trinajstić information content (AvgIpc) is 2.95. The molecule has 0 aliphatic carbocycles. The van der Waals surface area contributed by atoms with Gasteiger partial charge in [-0.05, 0) is 25.5 Å². The van der Waals surface area contributed by atoms with Crippen LogP contribution in [0.3, 0.4) is 0 Å². The minimum atomic E-state index is -0.120. The number of nitrogens with one attached hydrogen (secondary N) is 1. The molecule has 0 unspecified atom stereocenters. The summed E-state index contributed by atoms with van der Waals surface area (Å²) >= 11 is 0. The molecule has 0 bridgehead atoms. The lowest BCUT2D eigenvalue weighted by molar-refractivity contribution is 0.217. The van der Waals surface area contributed by atoms with Crippen LogP contribution < -0.4 is 15.1 Å². The zero-order valence-electron chi connectivity index (χ0n) is 16.5. The van der Waals surface area contributed by atoms with Gasteiger partial charge in [0.2, 0.25) is 5.95 Å². The van der Waals surface area contributed by atoms with Gasteiger partial charge in [0.15, 0.2) is 0 Å². The first kappa shape index (κ1) is 18.9. The Bertz CT molecular complexity index is 787. The number of aryl methyl sites for hydroxylation is 1. The van der Waals surface area contributed by atoms with Gasteiger partial charge in [0.25, 0.3) is 0 Å². The maximum Gasteiger partial charge on any atom is 0.317 e. The Labute approximate surface area is 160 Å². The molecule has 0 radical (unpaired) electrons. The van der Waals surface area contributed by atoms with Crippen LogP contribution in [0.5, 0.6) is 0 Å². The van der Waals surface area contributed by atoms with Crippen LogP contribution in [0.4, 0.5) is 16.6 Å². The SMILES string of the molecule is CCN(C)c1ccnc(N2CCCn3nc(CNC(=O)N(C)C)cc3C2)n1. The molecule has 2 aromatic heterocycles. The highest BCUT2D eigenvalue weighted by atomic mass is 16.2. The smallest absolute Gasteiger partial charge is 0.317 e. The summed E-state index contributed by atoms with van der Waals surface area (Å²) in [6.07, 6.45) is 2.78. The number of urea groups is 1. The van der Waals surface area contributed by atoms with Crippen molar-refractivity contribution in [1.29, 1.82) is 0 Å². The molecule has 0 saturated carbocycles. The van der Waals surface area contributed by atoms with E-state index in [-0.39, 0.29) is 6.03 Å². The number of anilines is 2. The summed E-state index contributed by atoms with van der Waals surface area (Å²) in [7, 11) is 5.47. The largest absolute Gasteiger partial charge is 0.360 e. The Morgan fingerprint density at radius 1 is 1.30 bits per heavy atom. The highest BCUT2D eigenvalue weighted by molar-refractivity contribution is 5.73. The van der Waals surface area contributed by atoms with Crippen molar-refractivity contribution < 1.29 is 4.79 Å². The predicted molar refractivity (Wildman–Crippen MR) is 105 cm³/mol. The van der Waals surface area contributed by atoms with Gasteiger partial charge >= 0.3 is 6.03 Å². The fourth-order valence-electron chi connectivity index (χ4n) is 2.97. The van der Waals surface area contributed by atoms with Crippen LogP contribution in [-0.4, -0.2) is 64.9 Å². The topological polar surface area (TPSA) is 82.4 Å². The molecule has 3 rings (SSSR count). The third-order valence-corrected chi connectivity index (χ3v) is 4.67. The molecule has 0 fully saturated rings. The van der Waals surface area contributed by atoms with E-state index in [1.165, 1.54) is 4.90 Å². The van der Waals surface area contributed by atoms with Crippen molar-refractivity contribution in [3.63, 3.8) is 0 Å². The van der Waals surface area contributed by atoms with Crippen LogP contribution in [0.2, 0.25) is 0 Å². The van der Waals surface area contributed by atoms with Crippen molar-refractivity contribution in [2.75, 3.05) is 44.0 Å². The third kappa shape index (κ3) is 4.47. The summed E-state index contributed by atoms with van der Waals surface area (Å²) in [4.78, 5) is 26.7. The van der Waals surface area contributed by atoms with Crippen LogP contribution in [0.1, 0.15) is 24.7 Å². The van der Waals surface area contributed by atoms with E-state index in [1.54, 1.807) is 14.1 Å². The second-order valence-corrected chi connectivity index (χ2v) is 6.91. The first-order valence-corrected chi connectivity index (χ1v) is 9.27. The molecule has 1 aliphatic rings. The summed E-state index contributed by atoms with van der Waals surface area (Å²) in [6.45, 7) is 5.85. The molecule has 146 valence electrons. The number of hydrogen-bond donors (Lipinski definition) is 1. The molecule has 0 aromatic carbocycles. The van der Waals surface area contributed by atoms with Gasteiger partial charge in [-0.25, -0.2) is 9.78 Å². The maximum atomic E-state index is 11.7. The molecule has 3 heterocycles. The Balaban J connectivity index is 1.73. The molecular weight excluding hydrogens is 344 g/mol. The zero-order chi connectivity index (χ0) is 19.4. The van der Waals surface area contributed by atoms with Crippen molar-refractivity contribution >= 4 is 17.8 Å². The van der Waals surface area contributed by atoms with Gasteiger partial charge in [0.1, 0.15) is 5.82 Å². The van der Waals surface area contributed by atoms with E-state index in [9.17, 15) is 4.79 Å². The summed E-state index contributed by atoms with van der Waals surface area (Å²) < 4.78 is 2.03. The minimum Gasteiger partial charge on any atom is -0.360 e. The number of rotatable bonds is 5. The molecule has 2 amide bonds. The van der Waals surface area contributed by atoms with Crippen LogP contribution in [0.15, 0.2) is 18.3 Å². The fraction of sp³-hybridized carbons (Fsp3) is 0.556. The standard InChI is InChI=1S/C18H28N8O/c1-5-24(4)16-7-8-19-17(21-16)25-9-6-10-26-15(13-25)11-14(22-26)12-20-18(27)23(2)3/h7-8,11H,5-6,9-10,12-13H2,1-4H3,(H,20,27). The lowest BCUT2D eigenvalue weighted by Gasteiger charge is -2.22. The van der Waals surface area contributed by atoms with E-state index in [2.05, 4.69) is 38.2 Å². The van der Waals surface area contributed by atoms with Crippen molar-refractivity contribution in [3.05, 3.63) is 29.7 Å². The van der Waals surface area contributed by atoms with Crippen LogP contribution in [0, 0.1) is 0 Å². The number of fused-ring (bicyclic) bond motifs is 1. The molecule has 1 N–H and O–H groups in total.